The van der Waals surface area contributed by atoms with E-state index in [-0.39, 0.29) is 18.2 Å². The third kappa shape index (κ3) is 3.12. The Labute approximate surface area is 173 Å². The van der Waals surface area contributed by atoms with Crippen molar-refractivity contribution in [2.45, 2.75) is 26.1 Å². The molecule has 2 aromatic heterocycles. The number of hydrogen-bond acceptors (Lipinski definition) is 7. The van der Waals surface area contributed by atoms with Gasteiger partial charge in [0.1, 0.15) is 11.7 Å². The van der Waals surface area contributed by atoms with Crippen LogP contribution in [0.4, 0.5) is 17.5 Å². The number of H-pyrrole nitrogens is 1. The third-order valence-electron chi connectivity index (χ3n) is 5.29. The van der Waals surface area contributed by atoms with Crippen molar-refractivity contribution in [1.29, 1.82) is 0 Å². The zero-order valence-corrected chi connectivity index (χ0v) is 16.7. The smallest absolute Gasteiger partial charge is 0.224 e. The molecular formula is C22H22N8. The van der Waals surface area contributed by atoms with Crippen LogP contribution in [0.3, 0.4) is 0 Å². The largest absolute Gasteiger partial charge is 0.368 e. The summed E-state index contributed by atoms with van der Waals surface area (Å²) in [4.78, 5) is 23.1. The molecule has 2 aromatic carbocycles. The predicted octanol–water partition coefficient (Wildman–Crippen LogP) is 1.95. The van der Waals surface area contributed by atoms with Crippen LogP contribution >= 0.6 is 0 Å². The number of nitrogens with two attached hydrogens (primary N) is 1. The van der Waals surface area contributed by atoms with Crippen molar-refractivity contribution in [1.82, 2.24) is 19.9 Å². The van der Waals surface area contributed by atoms with Gasteiger partial charge in [0.15, 0.2) is 11.5 Å². The fourth-order valence-electron chi connectivity index (χ4n) is 3.79. The first-order chi connectivity index (χ1) is 14.6. The molecular weight excluding hydrogens is 376 g/mol. The molecule has 8 heteroatoms. The van der Waals surface area contributed by atoms with Gasteiger partial charge in [0.2, 0.25) is 5.95 Å². The summed E-state index contributed by atoms with van der Waals surface area (Å²) in [7, 11) is 0. The molecule has 2 atom stereocenters. The van der Waals surface area contributed by atoms with Crippen LogP contribution in [-0.4, -0.2) is 32.1 Å². The highest BCUT2D eigenvalue weighted by Crippen LogP contribution is 2.24. The number of hydrogen-bond donors (Lipinski definition) is 3. The zero-order chi connectivity index (χ0) is 20.7. The van der Waals surface area contributed by atoms with Crippen molar-refractivity contribution >= 4 is 34.8 Å². The third-order valence-corrected chi connectivity index (χ3v) is 5.29. The van der Waals surface area contributed by atoms with Crippen molar-refractivity contribution < 1.29 is 0 Å². The van der Waals surface area contributed by atoms with Gasteiger partial charge in [-0.1, -0.05) is 30.3 Å². The molecule has 4 aromatic rings. The van der Waals surface area contributed by atoms with Gasteiger partial charge in [0.05, 0.1) is 17.7 Å². The summed E-state index contributed by atoms with van der Waals surface area (Å²) in [5.74, 6) is 0.790. The summed E-state index contributed by atoms with van der Waals surface area (Å²) >= 11 is 0. The molecule has 2 unspecified atom stereocenters. The van der Waals surface area contributed by atoms with Crippen LogP contribution in [0.1, 0.15) is 12.5 Å². The molecule has 0 saturated heterocycles. The second kappa shape index (κ2) is 7.14. The molecule has 4 N–H and O–H groups in total. The van der Waals surface area contributed by atoms with E-state index in [0.717, 1.165) is 21.8 Å². The highest BCUT2D eigenvalue weighted by atomic mass is 15.3. The number of anilines is 3. The fraction of sp³-hybridized carbons (Fsp3) is 0.182. The summed E-state index contributed by atoms with van der Waals surface area (Å²) in [5.41, 5.74) is 9.40. The Morgan fingerprint density at radius 3 is 2.77 bits per heavy atom. The number of nitrogen functional groups attached to an aromatic ring is 1. The predicted molar refractivity (Wildman–Crippen MR) is 118 cm³/mol. The van der Waals surface area contributed by atoms with E-state index in [2.05, 4.69) is 74.5 Å². The molecule has 150 valence electrons. The van der Waals surface area contributed by atoms with Crippen LogP contribution in [-0.2, 0) is 0 Å². The highest BCUT2D eigenvalue weighted by Gasteiger charge is 2.26. The molecule has 0 bridgehead atoms. The maximum atomic E-state index is 5.88. The van der Waals surface area contributed by atoms with Crippen LogP contribution < -0.4 is 26.5 Å². The number of benzene rings is 2. The first-order valence-corrected chi connectivity index (χ1v) is 9.82. The van der Waals surface area contributed by atoms with Crippen LogP contribution in [0, 0.1) is 6.92 Å². The lowest BCUT2D eigenvalue weighted by molar-refractivity contribution is 0.584. The first-order valence-electron chi connectivity index (χ1n) is 9.82. The molecule has 3 heterocycles. The molecule has 1 aliphatic rings. The van der Waals surface area contributed by atoms with Gasteiger partial charge >= 0.3 is 0 Å². The summed E-state index contributed by atoms with van der Waals surface area (Å²) in [5, 5.41) is 5.58. The molecule has 0 radical (unpaired) electrons. The summed E-state index contributed by atoms with van der Waals surface area (Å²) in [6.45, 7) is 4.19. The lowest BCUT2D eigenvalue weighted by Crippen LogP contribution is -2.49. The maximum absolute atomic E-state index is 5.88. The Morgan fingerprint density at radius 1 is 1.10 bits per heavy atom. The van der Waals surface area contributed by atoms with Gasteiger partial charge < -0.3 is 20.9 Å². The molecule has 0 fully saturated rings. The molecule has 0 saturated carbocycles. The standard InChI is InChI=1S/C22H22N8/c1-13-7-6-10-17-16(13)11-30(15-8-4-3-5-9-15)21(27-17)14(2)26-20-18-19(25-12-24-18)28-22(23)29-20/h3-12,14,21H,1-2H3,(H4,23,24,25,26,28,29). The van der Waals surface area contributed by atoms with E-state index in [9.17, 15) is 0 Å². The summed E-state index contributed by atoms with van der Waals surface area (Å²) < 4.78 is 0. The quantitative estimate of drug-likeness (QED) is 0.485. The van der Waals surface area contributed by atoms with Gasteiger partial charge in [0.25, 0.3) is 0 Å². The minimum Gasteiger partial charge on any atom is -0.368 e. The van der Waals surface area contributed by atoms with Crippen molar-refractivity contribution in [3.63, 3.8) is 0 Å². The second-order valence-electron chi connectivity index (χ2n) is 7.39. The molecule has 0 spiro atoms. The van der Waals surface area contributed by atoms with E-state index in [1.165, 1.54) is 5.56 Å². The maximum Gasteiger partial charge on any atom is 0.224 e. The average molecular weight is 398 g/mol. The number of rotatable bonds is 4. The van der Waals surface area contributed by atoms with Crippen LogP contribution in [0.15, 0.2) is 59.9 Å². The van der Waals surface area contributed by atoms with Gasteiger partial charge in [-0.25, -0.2) is 4.98 Å². The monoisotopic (exact) mass is 398 g/mol. The number of para-hydroxylation sites is 1. The van der Waals surface area contributed by atoms with E-state index in [1.54, 1.807) is 6.33 Å². The van der Waals surface area contributed by atoms with Gasteiger partial charge in [-0.05, 0) is 37.6 Å². The number of fused-ring (bicyclic) bond motifs is 2. The Balaban J connectivity index is 1.59. The summed E-state index contributed by atoms with van der Waals surface area (Å²) in [6, 6.07) is 16.4. The second-order valence-corrected chi connectivity index (χ2v) is 7.39. The van der Waals surface area contributed by atoms with Gasteiger partial charge in [-0.2, -0.15) is 9.97 Å². The molecule has 5 rings (SSSR count). The minimum atomic E-state index is -0.184. The lowest BCUT2D eigenvalue weighted by atomic mass is 10.1. The number of nitrogens with zero attached hydrogens (tertiary/aromatic N) is 5. The normalized spacial score (nSPS) is 16.5. The van der Waals surface area contributed by atoms with Crippen LogP contribution in [0.25, 0.3) is 17.4 Å². The van der Waals surface area contributed by atoms with Crippen molar-refractivity contribution in [3.8, 4) is 0 Å². The zero-order valence-electron chi connectivity index (χ0n) is 16.7. The molecule has 0 aliphatic carbocycles. The fourth-order valence-corrected chi connectivity index (χ4v) is 3.79. The van der Waals surface area contributed by atoms with Gasteiger partial charge in [0, 0.05) is 17.1 Å². The van der Waals surface area contributed by atoms with Gasteiger partial charge in [-0.15, -0.1) is 0 Å². The lowest BCUT2D eigenvalue weighted by Gasteiger charge is -2.34. The first kappa shape index (κ1) is 18.1. The average Bonchev–Trinajstić information content (AvgIpc) is 3.22. The number of aromatic amines is 1. The van der Waals surface area contributed by atoms with Crippen molar-refractivity contribution in [2.24, 2.45) is 4.99 Å². The summed E-state index contributed by atoms with van der Waals surface area (Å²) in [6.07, 6.45) is 3.58. The van der Waals surface area contributed by atoms with Gasteiger partial charge in [-0.3, -0.25) is 4.99 Å². The van der Waals surface area contributed by atoms with E-state index in [0.29, 0.717) is 11.5 Å². The molecule has 0 amide bonds. The number of nitrogens with one attached hydrogen (secondary N) is 2. The number of aromatic nitrogens is 4. The SMILES string of the molecule is Cc1cccc2c1=CN(c1ccccc1)C(C(C)Nc1nc(N)nc3nc[nH]c13)N=2. The van der Waals surface area contributed by atoms with E-state index in [4.69, 9.17) is 10.7 Å². The molecule has 1 aliphatic heterocycles. The van der Waals surface area contributed by atoms with E-state index in [1.807, 2.05) is 24.3 Å². The Kier molecular flexibility index (Phi) is 4.31. The Bertz CT molecular complexity index is 1330. The van der Waals surface area contributed by atoms with Crippen LogP contribution in [0.2, 0.25) is 0 Å². The topological polar surface area (TPSA) is 108 Å². The Hall–Kier alpha value is -3.94. The Morgan fingerprint density at radius 2 is 1.93 bits per heavy atom. The van der Waals surface area contributed by atoms with Crippen molar-refractivity contribution in [2.75, 3.05) is 16.0 Å². The van der Waals surface area contributed by atoms with Crippen LogP contribution in [0.5, 0.6) is 0 Å². The number of aryl methyl sites for hydroxylation is 1. The molecule has 30 heavy (non-hydrogen) atoms. The van der Waals surface area contributed by atoms with E-state index < -0.39 is 0 Å². The van der Waals surface area contributed by atoms with E-state index >= 15 is 0 Å². The molecule has 8 nitrogen and oxygen atoms in total. The highest BCUT2D eigenvalue weighted by molar-refractivity contribution is 5.83. The van der Waals surface area contributed by atoms with Crippen molar-refractivity contribution in [3.05, 3.63) is 71.0 Å². The number of imidazole rings is 1. The minimum absolute atomic E-state index is 0.0871.